The van der Waals surface area contributed by atoms with Crippen LogP contribution in [0.2, 0.25) is 0 Å². The van der Waals surface area contributed by atoms with Crippen molar-refractivity contribution >= 4 is 23.2 Å². The molecule has 0 saturated carbocycles. The second kappa shape index (κ2) is 9.31. The molecule has 0 aliphatic heterocycles. The van der Waals surface area contributed by atoms with Gasteiger partial charge in [-0.15, -0.1) is 11.3 Å². The number of nitrogens with one attached hydrogen (secondary N) is 1. The summed E-state index contributed by atoms with van der Waals surface area (Å²) in [5, 5.41) is 20.9. The molecule has 0 radical (unpaired) electrons. The van der Waals surface area contributed by atoms with Crippen LogP contribution in [0.5, 0.6) is 0 Å². The van der Waals surface area contributed by atoms with Gasteiger partial charge >= 0.3 is 12.4 Å². The van der Waals surface area contributed by atoms with E-state index in [1.54, 1.807) is 0 Å². The number of rotatable bonds is 7. The number of amides is 2. The lowest BCUT2D eigenvalue weighted by atomic mass is 9.89. The molecule has 35 heavy (non-hydrogen) atoms. The van der Waals surface area contributed by atoms with Gasteiger partial charge < -0.3 is 21.3 Å². The SMILES string of the molecule is CC(C)(O)CNC(=O)c1nc(C(N)=O)c(-c2ccc(C(O)(C(F)(F)F)C(F)(F)F)cc2C(F)F)s1. The third kappa shape index (κ3) is 5.70. The number of carbonyl (C=O) groups excluding carboxylic acids is 2. The van der Waals surface area contributed by atoms with Crippen LogP contribution in [0.3, 0.4) is 0 Å². The summed E-state index contributed by atoms with van der Waals surface area (Å²) in [6.07, 6.45) is -16.3. The Labute approximate surface area is 195 Å². The number of hydrogen-bond donors (Lipinski definition) is 4. The maximum absolute atomic E-state index is 13.7. The highest BCUT2D eigenvalue weighted by molar-refractivity contribution is 7.17. The summed E-state index contributed by atoms with van der Waals surface area (Å²) >= 11 is 0.310. The van der Waals surface area contributed by atoms with Crippen LogP contribution < -0.4 is 11.1 Å². The van der Waals surface area contributed by atoms with Crippen molar-refractivity contribution in [2.24, 2.45) is 5.73 Å². The lowest BCUT2D eigenvalue weighted by molar-refractivity contribution is -0.376. The third-order valence-electron chi connectivity index (χ3n) is 4.51. The van der Waals surface area contributed by atoms with Gasteiger partial charge in [-0.1, -0.05) is 12.1 Å². The first kappa shape index (κ1) is 28.4. The van der Waals surface area contributed by atoms with E-state index < -0.39 is 74.1 Å². The Morgan fingerprint density at radius 3 is 2.06 bits per heavy atom. The molecular formula is C19H17F8N3O4S. The Bertz CT molecular complexity index is 1110. The molecule has 0 fully saturated rings. The molecule has 0 aliphatic carbocycles. The maximum Gasteiger partial charge on any atom is 0.430 e. The molecule has 2 rings (SSSR count). The standard InChI is InChI=1S/C19H17F8N3O4S/c1-16(2,33)6-29-14(32)15-30-10(13(28)31)11(35-15)8-4-3-7(5-9(8)12(20)21)17(34,18(22,23)24)19(25,26)27/h3-5,12,33-34H,6H2,1-2H3,(H2,28,31)(H,29,32). The summed E-state index contributed by atoms with van der Waals surface area (Å²) in [6.45, 7) is 2.39. The van der Waals surface area contributed by atoms with Gasteiger partial charge in [-0.2, -0.15) is 26.3 Å². The molecule has 194 valence electrons. The third-order valence-corrected chi connectivity index (χ3v) is 5.59. The largest absolute Gasteiger partial charge is 0.430 e. The topological polar surface area (TPSA) is 126 Å². The number of aromatic nitrogens is 1. The molecule has 7 nitrogen and oxygen atoms in total. The fourth-order valence-corrected chi connectivity index (χ4v) is 3.84. The number of carbonyl (C=O) groups is 2. The zero-order chi connectivity index (χ0) is 27.1. The van der Waals surface area contributed by atoms with E-state index in [4.69, 9.17) is 5.73 Å². The van der Waals surface area contributed by atoms with E-state index in [1.807, 2.05) is 0 Å². The fraction of sp³-hybridized carbons (Fsp3) is 0.421. The monoisotopic (exact) mass is 535 g/mol. The molecule has 2 aromatic rings. The number of alkyl halides is 8. The van der Waals surface area contributed by atoms with E-state index in [2.05, 4.69) is 10.3 Å². The summed E-state index contributed by atoms with van der Waals surface area (Å²) in [5.41, 5.74) is -6.51. The molecule has 0 atom stereocenters. The fourth-order valence-electron chi connectivity index (χ4n) is 2.80. The second-order valence-electron chi connectivity index (χ2n) is 7.86. The van der Waals surface area contributed by atoms with Crippen molar-refractivity contribution in [3.8, 4) is 10.4 Å². The van der Waals surface area contributed by atoms with E-state index in [0.29, 0.717) is 17.4 Å². The number of benzene rings is 1. The Morgan fingerprint density at radius 2 is 1.63 bits per heavy atom. The predicted octanol–water partition coefficient (Wildman–Crippen LogP) is 3.66. The van der Waals surface area contributed by atoms with Crippen molar-refractivity contribution in [3.63, 3.8) is 0 Å². The average Bonchev–Trinajstić information content (AvgIpc) is 3.14. The van der Waals surface area contributed by atoms with Gasteiger partial charge in [-0.3, -0.25) is 9.59 Å². The molecule has 0 spiro atoms. The van der Waals surface area contributed by atoms with Gasteiger partial charge in [-0.05, 0) is 19.9 Å². The summed E-state index contributed by atoms with van der Waals surface area (Å²) in [4.78, 5) is 27.2. The molecule has 0 bridgehead atoms. The first-order chi connectivity index (χ1) is 15.7. The van der Waals surface area contributed by atoms with Crippen LogP contribution in [0.25, 0.3) is 10.4 Å². The molecule has 1 aromatic heterocycles. The average molecular weight is 535 g/mol. The Kier molecular flexibility index (Phi) is 7.55. The van der Waals surface area contributed by atoms with Crippen molar-refractivity contribution in [1.82, 2.24) is 10.3 Å². The predicted molar refractivity (Wildman–Crippen MR) is 106 cm³/mol. The number of nitrogens with two attached hydrogens (primary N) is 1. The minimum Gasteiger partial charge on any atom is -0.389 e. The van der Waals surface area contributed by atoms with Gasteiger partial charge in [-0.25, -0.2) is 13.8 Å². The van der Waals surface area contributed by atoms with Crippen molar-refractivity contribution in [3.05, 3.63) is 40.0 Å². The van der Waals surface area contributed by atoms with Crippen molar-refractivity contribution < 1.29 is 54.9 Å². The van der Waals surface area contributed by atoms with Crippen LogP contribution in [0.4, 0.5) is 35.1 Å². The molecule has 1 aromatic carbocycles. The highest BCUT2D eigenvalue weighted by Crippen LogP contribution is 2.51. The first-order valence-electron chi connectivity index (χ1n) is 9.30. The lowest BCUT2D eigenvalue weighted by Crippen LogP contribution is -2.54. The minimum atomic E-state index is -6.32. The normalized spacial score (nSPS) is 13.3. The summed E-state index contributed by atoms with van der Waals surface area (Å²) < 4.78 is 107. The summed E-state index contributed by atoms with van der Waals surface area (Å²) in [7, 11) is 0. The number of primary amides is 1. The molecule has 1 heterocycles. The minimum absolute atomic E-state index is 0.112. The van der Waals surface area contributed by atoms with Gasteiger partial charge in [0.05, 0.1) is 10.5 Å². The van der Waals surface area contributed by atoms with Crippen LogP contribution in [0.15, 0.2) is 18.2 Å². The van der Waals surface area contributed by atoms with E-state index in [-0.39, 0.29) is 18.7 Å². The summed E-state index contributed by atoms with van der Waals surface area (Å²) in [6, 6.07) is 0.317. The van der Waals surface area contributed by atoms with Gasteiger partial charge in [0, 0.05) is 23.2 Å². The summed E-state index contributed by atoms with van der Waals surface area (Å²) in [5.74, 6) is -2.30. The van der Waals surface area contributed by atoms with Gasteiger partial charge in [0.15, 0.2) is 5.01 Å². The van der Waals surface area contributed by atoms with Gasteiger partial charge in [0.2, 0.25) is 0 Å². The molecule has 0 aliphatic rings. The van der Waals surface area contributed by atoms with Gasteiger partial charge in [0.1, 0.15) is 5.69 Å². The number of thiazole rings is 1. The molecule has 0 unspecified atom stereocenters. The van der Waals surface area contributed by atoms with Crippen LogP contribution >= 0.6 is 11.3 Å². The number of aliphatic hydroxyl groups is 2. The Morgan fingerprint density at radius 1 is 1.09 bits per heavy atom. The molecule has 16 heteroatoms. The second-order valence-corrected chi connectivity index (χ2v) is 8.86. The van der Waals surface area contributed by atoms with Crippen LogP contribution in [0.1, 0.15) is 51.7 Å². The smallest absolute Gasteiger partial charge is 0.389 e. The number of nitrogens with zero attached hydrogens (tertiary/aromatic N) is 1. The van der Waals surface area contributed by atoms with Crippen LogP contribution in [-0.4, -0.2) is 51.5 Å². The quantitative estimate of drug-likeness (QED) is 0.403. The zero-order valence-electron chi connectivity index (χ0n) is 17.7. The highest BCUT2D eigenvalue weighted by Gasteiger charge is 2.71. The molecule has 2 amide bonds. The van der Waals surface area contributed by atoms with Crippen LogP contribution in [-0.2, 0) is 5.60 Å². The highest BCUT2D eigenvalue weighted by atomic mass is 32.1. The van der Waals surface area contributed by atoms with Gasteiger partial charge in [0.25, 0.3) is 23.8 Å². The molecule has 5 N–H and O–H groups in total. The Hall–Kier alpha value is -2.85. The molecule has 0 saturated heterocycles. The Balaban J connectivity index is 2.70. The van der Waals surface area contributed by atoms with E-state index in [1.165, 1.54) is 13.8 Å². The number of hydrogen-bond acceptors (Lipinski definition) is 6. The van der Waals surface area contributed by atoms with Crippen molar-refractivity contribution in [1.29, 1.82) is 0 Å². The van der Waals surface area contributed by atoms with Crippen molar-refractivity contribution in [2.45, 2.75) is 43.8 Å². The van der Waals surface area contributed by atoms with Crippen LogP contribution in [0, 0.1) is 0 Å². The lowest BCUT2D eigenvalue weighted by Gasteiger charge is -2.33. The molecular weight excluding hydrogens is 518 g/mol. The number of halogens is 8. The maximum atomic E-state index is 13.7. The van der Waals surface area contributed by atoms with Crippen molar-refractivity contribution in [2.75, 3.05) is 6.54 Å². The first-order valence-corrected chi connectivity index (χ1v) is 10.1. The van der Waals surface area contributed by atoms with E-state index in [0.717, 1.165) is 0 Å². The zero-order valence-corrected chi connectivity index (χ0v) is 18.5. The van der Waals surface area contributed by atoms with E-state index >= 15 is 0 Å². The van der Waals surface area contributed by atoms with E-state index in [9.17, 15) is 54.9 Å².